The van der Waals surface area contributed by atoms with Gasteiger partial charge in [-0.3, -0.25) is 14.4 Å². The molecule has 1 atom stereocenters. The molecule has 0 spiro atoms. The van der Waals surface area contributed by atoms with Crippen LogP contribution < -0.4 is 16.0 Å². The first kappa shape index (κ1) is 27.2. The molecule has 0 fully saturated rings. The largest absolute Gasteiger partial charge is 0.324 e. The van der Waals surface area contributed by atoms with Gasteiger partial charge in [0.15, 0.2) is 0 Å². The summed E-state index contributed by atoms with van der Waals surface area (Å²) in [6, 6.07) is 24.8. The van der Waals surface area contributed by atoms with Gasteiger partial charge in [0.2, 0.25) is 5.91 Å². The highest BCUT2D eigenvalue weighted by Crippen LogP contribution is 2.28. The van der Waals surface area contributed by atoms with Crippen LogP contribution in [0.1, 0.15) is 22.8 Å². The van der Waals surface area contributed by atoms with E-state index in [1.807, 2.05) is 29.0 Å². The minimum absolute atomic E-state index is 0.114. The molecule has 0 radical (unpaired) electrons. The second kappa shape index (κ2) is 13.1. The number of para-hydroxylation sites is 1. The Morgan fingerprint density at radius 3 is 2.42 bits per heavy atom. The van der Waals surface area contributed by atoms with Crippen molar-refractivity contribution in [1.82, 2.24) is 5.32 Å². The van der Waals surface area contributed by atoms with E-state index >= 15 is 0 Å². The van der Waals surface area contributed by atoms with Crippen LogP contribution in [0.5, 0.6) is 0 Å². The van der Waals surface area contributed by atoms with Gasteiger partial charge < -0.3 is 16.0 Å². The molecule has 38 heavy (non-hydrogen) atoms. The van der Waals surface area contributed by atoms with E-state index < -0.39 is 11.2 Å². The topological polar surface area (TPSA) is 87.3 Å². The standard InChI is InChI=1S/C29H24ClN3O3S2/c1-19(27(34)32-25-13-6-5-12-24(25)30)38-23-11-7-10-22(17-23)31-29(36)26(16-20-14-15-37-18-20)33-28(35)21-8-3-2-4-9-21/h2-19H,1H3,(H,31,36)(H,32,34)(H,33,35)/b26-16-. The average molecular weight is 562 g/mol. The lowest BCUT2D eigenvalue weighted by Crippen LogP contribution is -2.30. The number of benzene rings is 3. The first-order valence-corrected chi connectivity index (χ1v) is 13.8. The Hall–Kier alpha value is -3.85. The molecule has 0 aliphatic rings. The van der Waals surface area contributed by atoms with Gasteiger partial charge in [-0.05, 0) is 77.9 Å². The molecule has 1 heterocycles. The maximum atomic E-state index is 13.2. The molecule has 3 N–H and O–H groups in total. The Morgan fingerprint density at radius 2 is 1.68 bits per heavy atom. The summed E-state index contributed by atoms with van der Waals surface area (Å²) < 4.78 is 0. The normalized spacial score (nSPS) is 11.9. The molecule has 0 bridgehead atoms. The van der Waals surface area contributed by atoms with Crippen LogP contribution in [0.25, 0.3) is 6.08 Å². The van der Waals surface area contributed by atoms with Crippen LogP contribution >= 0.6 is 34.7 Å². The number of thioether (sulfide) groups is 1. The van der Waals surface area contributed by atoms with Crippen molar-refractivity contribution in [2.75, 3.05) is 10.6 Å². The molecular formula is C29H24ClN3O3S2. The second-order valence-electron chi connectivity index (χ2n) is 8.15. The van der Waals surface area contributed by atoms with E-state index in [2.05, 4.69) is 16.0 Å². The van der Waals surface area contributed by atoms with Crippen LogP contribution in [-0.2, 0) is 9.59 Å². The van der Waals surface area contributed by atoms with Gasteiger partial charge in [0.05, 0.1) is 16.0 Å². The number of anilines is 2. The van der Waals surface area contributed by atoms with Crippen molar-refractivity contribution in [3.8, 4) is 0 Å². The van der Waals surface area contributed by atoms with Gasteiger partial charge in [-0.2, -0.15) is 11.3 Å². The number of hydrogen-bond donors (Lipinski definition) is 3. The second-order valence-corrected chi connectivity index (χ2v) is 10.7. The van der Waals surface area contributed by atoms with E-state index in [9.17, 15) is 14.4 Å². The minimum Gasteiger partial charge on any atom is -0.324 e. The molecular weight excluding hydrogens is 538 g/mol. The number of hydrogen-bond acceptors (Lipinski definition) is 5. The van der Waals surface area contributed by atoms with Crippen LogP contribution in [0.3, 0.4) is 0 Å². The number of halogens is 1. The molecule has 4 aromatic rings. The van der Waals surface area contributed by atoms with Crippen molar-refractivity contribution < 1.29 is 14.4 Å². The lowest BCUT2D eigenvalue weighted by atomic mass is 10.2. The maximum Gasteiger partial charge on any atom is 0.272 e. The highest BCUT2D eigenvalue weighted by atomic mass is 35.5. The fourth-order valence-electron chi connectivity index (χ4n) is 3.37. The Bertz CT molecular complexity index is 1460. The van der Waals surface area contributed by atoms with E-state index in [4.69, 9.17) is 11.6 Å². The number of carbonyl (C=O) groups excluding carboxylic acids is 3. The van der Waals surface area contributed by atoms with Gasteiger partial charge in [0.1, 0.15) is 5.70 Å². The number of rotatable bonds is 9. The predicted octanol–water partition coefficient (Wildman–Crippen LogP) is 6.93. The minimum atomic E-state index is -0.466. The van der Waals surface area contributed by atoms with Crippen LogP contribution in [0.4, 0.5) is 11.4 Å². The molecule has 0 saturated carbocycles. The van der Waals surface area contributed by atoms with Crippen molar-refractivity contribution >= 4 is 69.9 Å². The third kappa shape index (κ3) is 7.58. The Labute approximate surface area is 234 Å². The lowest BCUT2D eigenvalue weighted by molar-refractivity contribution is -0.115. The summed E-state index contributed by atoms with van der Waals surface area (Å²) in [6.45, 7) is 1.79. The zero-order valence-electron chi connectivity index (χ0n) is 20.3. The van der Waals surface area contributed by atoms with E-state index in [0.717, 1.165) is 10.5 Å². The van der Waals surface area contributed by atoms with Crippen LogP contribution in [0, 0.1) is 0 Å². The molecule has 0 aliphatic heterocycles. The van der Waals surface area contributed by atoms with Crippen molar-refractivity contribution in [2.45, 2.75) is 17.1 Å². The molecule has 1 unspecified atom stereocenters. The highest BCUT2D eigenvalue weighted by Gasteiger charge is 2.18. The maximum absolute atomic E-state index is 13.2. The first-order chi connectivity index (χ1) is 18.4. The fraction of sp³-hybridized carbons (Fsp3) is 0.0690. The fourth-order valence-corrected chi connectivity index (χ4v) is 5.09. The van der Waals surface area contributed by atoms with E-state index in [-0.39, 0.29) is 17.5 Å². The van der Waals surface area contributed by atoms with Crippen molar-refractivity contribution in [3.05, 3.63) is 118 Å². The van der Waals surface area contributed by atoms with Gasteiger partial charge in [-0.1, -0.05) is 48.0 Å². The predicted molar refractivity (Wildman–Crippen MR) is 157 cm³/mol. The van der Waals surface area contributed by atoms with Crippen LogP contribution in [0.15, 0.2) is 106 Å². The smallest absolute Gasteiger partial charge is 0.272 e. The van der Waals surface area contributed by atoms with Crippen LogP contribution in [0.2, 0.25) is 5.02 Å². The van der Waals surface area contributed by atoms with Gasteiger partial charge in [-0.15, -0.1) is 11.8 Å². The molecule has 4 rings (SSSR count). The Morgan fingerprint density at radius 1 is 0.921 bits per heavy atom. The summed E-state index contributed by atoms with van der Waals surface area (Å²) in [4.78, 5) is 39.4. The van der Waals surface area contributed by atoms with Gasteiger partial charge in [0, 0.05) is 16.1 Å². The zero-order valence-corrected chi connectivity index (χ0v) is 22.7. The van der Waals surface area contributed by atoms with E-state index in [0.29, 0.717) is 22.0 Å². The van der Waals surface area contributed by atoms with Crippen molar-refractivity contribution in [2.24, 2.45) is 0 Å². The number of amides is 3. The van der Waals surface area contributed by atoms with Gasteiger partial charge >= 0.3 is 0 Å². The van der Waals surface area contributed by atoms with Crippen molar-refractivity contribution in [1.29, 1.82) is 0 Å². The number of carbonyl (C=O) groups is 3. The molecule has 3 aromatic carbocycles. The molecule has 0 saturated heterocycles. The molecule has 9 heteroatoms. The molecule has 192 valence electrons. The zero-order chi connectivity index (χ0) is 26.9. The monoisotopic (exact) mass is 561 g/mol. The molecule has 6 nitrogen and oxygen atoms in total. The van der Waals surface area contributed by atoms with E-state index in [1.54, 1.807) is 79.7 Å². The molecule has 0 aliphatic carbocycles. The van der Waals surface area contributed by atoms with Gasteiger partial charge in [0.25, 0.3) is 11.8 Å². The number of nitrogens with one attached hydrogen (secondary N) is 3. The summed E-state index contributed by atoms with van der Waals surface area (Å²) in [7, 11) is 0. The lowest BCUT2D eigenvalue weighted by Gasteiger charge is -2.14. The van der Waals surface area contributed by atoms with E-state index in [1.165, 1.54) is 23.1 Å². The third-order valence-electron chi connectivity index (χ3n) is 5.29. The SMILES string of the molecule is CC(Sc1cccc(NC(=O)/C(=C/c2ccsc2)NC(=O)c2ccccc2)c1)C(=O)Nc1ccccc1Cl. The van der Waals surface area contributed by atoms with Gasteiger partial charge in [-0.25, -0.2) is 0 Å². The first-order valence-electron chi connectivity index (χ1n) is 11.6. The third-order valence-corrected chi connectivity index (χ3v) is 7.41. The Balaban J connectivity index is 1.45. The summed E-state index contributed by atoms with van der Waals surface area (Å²) in [6.07, 6.45) is 1.63. The molecule has 3 amide bonds. The average Bonchev–Trinajstić information content (AvgIpc) is 3.43. The van der Waals surface area contributed by atoms with Crippen molar-refractivity contribution in [3.63, 3.8) is 0 Å². The summed E-state index contributed by atoms with van der Waals surface area (Å²) in [5, 5.41) is 12.2. The Kier molecular flexibility index (Phi) is 9.37. The molecule has 1 aromatic heterocycles. The summed E-state index contributed by atoms with van der Waals surface area (Å²) >= 11 is 8.99. The summed E-state index contributed by atoms with van der Waals surface area (Å²) in [5.74, 6) is -1.04. The summed E-state index contributed by atoms with van der Waals surface area (Å²) in [5.41, 5.74) is 2.44. The highest BCUT2D eigenvalue weighted by molar-refractivity contribution is 8.00. The quantitative estimate of drug-likeness (QED) is 0.153. The van der Waals surface area contributed by atoms with Crippen LogP contribution in [-0.4, -0.2) is 23.0 Å². The number of thiophene rings is 1.